The second-order valence-electron chi connectivity index (χ2n) is 6.88. The van der Waals surface area contributed by atoms with Crippen LogP contribution >= 0.6 is 27.7 Å². The molecule has 0 bridgehead atoms. The second-order valence-corrected chi connectivity index (χ2v) is 8.85. The third-order valence-electron chi connectivity index (χ3n) is 4.89. The third kappa shape index (κ3) is 4.34. The Hall–Kier alpha value is -1.64. The van der Waals surface area contributed by atoms with E-state index in [0.717, 1.165) is 57.9 Å². The molecule has 1 N–H and O–H groups in total. The molecule has 2 aliphatic heterocycles. The molecule has 1 aromatic heterocycles. The predicted octanol–water partition coefficient (Wildman–Crippen LogP) is 4.25. The minimum atomic E-state index is -0.279. The highest BCUT2D eigenvalue weighted by molar-refractivity contribution is 9.12. The van der Waals surface area contributed by atoms with E-state index in [9.17, 15) is 9.50 Å². The first-order valence-corrected chi connectivity index (χ1v) is 11.0. The van der Waals surface area contributed by atoms with E-state index in [2.05, 4.69) is 30.8 Å². The molecule has 28 heavy (non-hydrogen) atoms. The molecule has 3 heterocycles. The first-order valence-electron chi connectivity index (χ1n) is 9.26. The van der Waals surface area contributed by atoms with Crippen LogP contribution < -0.4 is 4.74 Å². The van der Waals surface area contributed by atoms with Crippen molar-refractivity contribution in [3.05, 3.63) is 46.2 Å². The fourth-order valence-corrected chi connectivity index (χ4v) is 5.29. The SMILES string of the molecule is Oc1ccc2c(c1)SCC(Br)=C2c1cnc(OC2CCN(CCCF)C2)nc1. The molecule has 148 valence electrons. The molecular weight excluding hydrogens is 445 g/mol. The highest BCUT2D eigenvalue weighted by Gasteiger charge is 2.25. The maximum Gasteiger partial charge on any atom is 0.316 e. The summed E-state index contributed by atoms with van der Waals surface area (Å²) in [7, 11) is 0. The van der Waals surface area contributed by atoms with Gasteiger partial charge in [-0.1, -0.05) is 15.9 Å². The van der Waals surface area contributed by atoms with Crippen LogP contribution in [0.2, 0.25) is 0 Å². The zero-order valence-electron chi connectivity index (χ0n) is 15.3. The van der Waals surface area contributed by atoms with Crippen LogP contribution in [0.1, 0.15) is 24.0 Å². The molecule has 8 heteroatoms. The van der Waals surface area contributed by atoms with Gasteiger partial charge in [-0.05, 0) is 36.6 Å². The summed E-state index contributed by atoms with van der Waals surface area (Å²) in [5.41, 5.74) is 3.00. The smallest absolute Gasteiger partial charge is 0.316 e. The summed E-state index contributed by atoms with van der Waals surface area (Å²) in [6.45, 7) is 2.20. The van der Waals surface area contributed by atoms with Gasteiger partial charge < -0.3 is 9.84 Å². The van der Waals surface area contributed by atoms with E-state index in [1.165, 1.54) is 0 Å². The number of hydrogen-bond acceptors (Lipinski definition) is 6. The Kier molecular flexibility index (Phi) is 6.18. The van der Waals surface area contributed by atoms with Crippen LogP contribution in [0.4, 0.5) is 4.39 Å². The van der Waals surface area contributed by atoms with Crippen molar-refractivity contribution >= 4 is 33.3 Å². The quantitative estimate of drug-likeness (QED) is 0.687. The molecule has 0 saturated carbocycles. The van der Waals surface area contributed by atoms with Gasteiger partial charge in [0.05, 0.1) is 6.67 Å². The highest BCUT2D eigenvalue weighted by Crippen LogP contribution is 2.43. The highest BCUT2D eigenvalue weighted by atomic mass is 79.9. The fraction of sp³-hybridized carbons (Fsp3) is 0.400. The Morgan fingerprint density at radius 3 is 2.93 bits per heavy atom. The lowest BCUT2D eigenvalue weighted by molar-refractivity contribution is 0.183. The molecule has 2 aliphatic rings. The molecule has 1 fully saturated rings. The number of aromatic hydroxyl groups is 1. The first kappa shape index (κ1) is 19.7. The van der Waals surface area contributed by atoms with Gasteiger partial charge >= 0.3 is 6.01 Å². The summed E-state index contributed by atoms with van der Waals surface area (Å²) in [5, 5.41) is 9.75. The largest absolute Gasteiger partial charge is 0.508 e. The molecule has 1 unspecified atom stereocenters. The van der Waals surface area contributed by atoms with Crippen molar-refractivity contribution in [3.63, 3.8) is 0 Å². The van der Waals surface area contributed by atoms with Gasteiger partial charge in [0.2, 0.25) is 0 Å². The Morgan fingerprint density at radius 1 is 1.32 bits per heavy atom. The number of rotatable bonds is 6. The number of thioether (sulfide) groups is 1. The molecule has 1 atom stereocenters. The molecular formula is C20H21BrFN3O2S. The number of halogens is 2. The van der Waals surface area contributed by atoms with E-state index in [1.807, 2.05) is 6.07 Å². The van der Waals surface area contributed by atoms with Crippen LogP contribution in [-0.2, 0) is 0 Å². The van der Waals surface area contributed by atoms with E-state index in [0.29, 0.717) is 12.4 Å². The van der Waals surface area contributed by atoms with Crippen molar-refractivity contribution in [3.8, 4) is 11.8 Å². The van der Waals surface area contributed by atoms with E-state index >= 15 is 0 Å². The van der Waals surface area contributed by atoms with Gasteiger partial charge in [-0.3, -0.25) is 9.29 Å². The lowest BCUT2D eigenvalue weighted by Gasteiger charge is -2.20. The molecule has 2 aromatic rings. The molecule has 4 rings (SSSR count). The average Bonchev–Trinajstić information content (AvgIpc) is 3.14. The summed E-state index contributed by atoms with van der Waals surface area (Å²) in [6, 6.07) is 5.77. The summed E-state index contributed by atoms with van der Waals surface area (Å²) in [6.07, 6.45) is 5.08. The van der Waals surface area contributed by atoms with Crippen molar-refractivity contribution < 1.29 is 14.2 Å². The third-order valence-corrected chi connectivity index (χ3v) is 7.02. The monoisotopic (exact) mass is 465 g/mol. The van der Waals surface area contributed by atoms with Crippen molar-refractivity contribution in [2.45, 2.75) is 23.8 Å². The number of likely N-dealkylation sites (tertiary alicyclic amines) is 1. The molecule has 1 aromatic carbocycles. The Labute approximate surface area is 176 Å². The van der Waals surface area contributed by atoms with Crippen molar-refractivity contribution in [2.75, 3.05) is 32.1 Å². The number of phenols is 1. The van der Waals surface area contributed by atoms with Crippen LogP contribution in [0.15, 0.2) is 40.0 Å². The van der Waals surface area contributed by atoms with Crippen LogP contribution in [0.5, 0.6) is 11.8 Å². The molecule has 0 amide bonds. The summed E-state index contributed by atoms with van der Waals surface area (Å²) >= 11 is 5.35. The van der Waals surface area contributed by atoms with Crippen LogP contribution in [0.25, 0.3) is 5.57 Å². The molecule has 0 radical (unpaired) electrons. The number of nitrogens with zero attached hydrogens (tertiary/aromatic N) is 3. The number of alkyl halides is 1. The van der Waals surface area contributed by atoms with Gasteiger partial charge in [0.15, 0.2) is 0 Å². The number of aromatic nitrogens is 2. The Morgan fingerprint density at radius 2 is 2.14 bits per heavy atom. The van der Waals surface area contributed by atoms with Crippen LogP contribution in [0, 0.1) is 0 Å². The minimum Gasteiger partial charge on any atom is -0.508 e. The Bertz CT molecular complexity index is 878. The van der Waals surface area contributed by atoms with Gasteiger partial charge in [0.25, 0.3) is 0 Å². The zero-order valence-corrected chi connectivity index (χ0v) is 17.7. The number of fused-ring (bicyclic) bond motifs is 1. The van der Waals surface area contributed by atoms with Crippen molar-refractivity contribution in [1.29, 1.82) is 0 Å². The number of phenolic OH excluding ortho intramolecular Hbond substituents is 1. The standard InChI is InChI=1S/C20H21BrFN3O2S/c21-17-12-28-18-8-14(26)2-3-16(18)19(17)13-9-23-20(24-10-13)27-15-4-7-25(11-15)6-1-5-22/h2-3,8-10,15,26H,1,4-7,11-12H2. The summed E-state index contributed by atoms with van der Waals surface area (Å²) in [5.74, 6) is 1.06. The van der Waals surface area contributed by atoms with E-state index < -0.39 is 0 Å². The summed E-state index contributed by atoms with van der Waals surface area (Å²) < 4.78 is 19.3. The van der Waals surface area contributed by atoms with Gasteiger partial charge in [-0.25, -0.2) is 9.97 Å². The maximum absolute atomic E-state index is 12.3. The van der Waals surface area contributed by atoms with Crippen LogP contribution in [0.3, 0.4) is 0 Å². The van der Waals surface area contributed by atoms with Gasteiger partial charge in [0.1, 0.15) is 11.9 Å². The second kappa shape index (κ2) is 8.80. The lowest BCUT2D eigenvalue weighted by Crippen LogP contribution is -2.26. The predicted molar refractivity (Wildman–Crippen MR) is 112 cm³/mol. The van der Waals surface area contributed by atoms with Crippen LogP contribution in [-0.4, -0.2) is 58.1 Å². The topological polar surface area (TPSA) is 58.5 Å². The van der Waals surface area contributed by atoms with Gasteiger partial charge in [-0.2, -0.15) is 0 Å². The van der Waals surface area contributed by atoms with E-state index in [1.54, 1.807) is 36.3 Å². The normalized spacial score (nSPS) is 19.7. The minimum absolute atomic E-state index is 0.0474. The summed E-state index contributed by atoms with van der Waals surface area (Å²) in [4.78, 5) is 12.1. The molecule has 0 aliphatic carbocycles. The Balaban J connectivity index is 1.47. The van der Waals surface area contributed by atoms with Crippen molar-refractivity contribution in [2.24, 2.45) is 0 Å². The first-order chi connectivity index (χ1) is 13.6. The lowest BCUT2D eigenvalue weighted by atomic mass is 9.99. The fourth-order valence-electron chi connectivity index (χ4n) is 3.54. The number of benzene rings is 1. The van der Waals surface area contributed by atoms with Gasteiger partial charge in [-0.15, -0.1) is 11.8 Å². The van der Waals surface area contributed by atoms with E-state index in [-0.39, 0.29) is 18.5 Å². The zero-order chi connectivity index (χ0) is 19.5. The molecule has 0 spiro atoms. The van der Waals surface area contributed by atoms with E-state index in [4.69, 9.17) is 4.74 Å². The molecule has 1 saturated heterocycles. The molecule has 5 nitrogen and oxygen atoms in total. The van der Waals surface area contributed by atoms with Gasteiger partial charge in [0, 0.05) is 58.3 Å². The van der Waals surface area contributed by atoms with Crippen molar-refractivity contribution in [1.82, 2.24) is 14.9 Å². The number of hydrogen-bond donors (Lipinski definition) is 1. The maximum atomic E-state index is 12.3. The number of ether oxygens (including phenoxy) is 1. The average molecular weight is 466 g/mol.